The fourth-order valence-electron chi connectivity index (χ4n) is 2.50. The lowest BCUT2D eigenvalue weighted by Crippen LogP contribution is -2.56. The van der Waals surface area contributed by atoms with E-state index >= 15 is 0 Å². The maximum Gasteiger partial charge on any atom is 0.320 e. The van der Waals surface area contributed by atoms with Gasteiger partial charge in [0.05, 0.1) is 6.42 Å². The first-order chi connectivity index (χ1) is 8.97. The van der Waals surface area contributed by atoms with E-state index in [0.717, 1.165) is 25.8 Å². The van der Waals surface area contributed by atoms with E-state index < -0.39 is 5.97 Å². The molecule has 0 radical (unpaired) electrons. The first-order valence-corrected chi connectivity index (χ1v) is 7.24. The van der Waals surface area contributed by atoms with Crippen LogP contribution < -0.4 is 0 Å². The van der Waals surface area contributed by atoms with Crippen molar-refractivity contribution in [2.45, 2.75) is 45.6 Å². The molecule has 0 aromatic heterocycles. The van der Waals surface area contributed by atoms with Crippen LogP contribution in [0.5, 0.6) is 0 Å². The van der Waals surface area contributed by atoms with Gasteiger partial charge in [-0.25, -0.2) is 4.79 Å². The predicted octanol–water partition coefficient (Wildman–Crippen LogP) is 2.02. The van der Waals surface area contributed by atoms with Gasteiger partial charge in [0.2, 0.25) is 0 Å². The lowest BCUT2D eigenvalue weighted by molar-refractivity contribution is -0.139. The molecule has 2 aliphatic rings. The van der Waals surface area contributed by atoms with Gasteiger partial charge in [-0.3, -0.25) is 4.79 Å². The molecule has 108 valence electrons. The molecule has 19 heavy (non-hydrogen) atoms. The Kier molecular flexibility index (Phi) is 4.32. The van der Waals surface area contributed by atoms with E-state index in [1.807, 2.05) is 4.90 Å². The number of urea groups is 1. The van der Waals surface area contributed by atoms with Crippen LogP contribution in [-0.4, -0.2) is 52.6 Å². The maximum atomic E-state index is 12.4. The minimum Gasteiger partial charge on any atom is -0.481 e. The summed E-state index contributed by atoms with van der Waals surface area (Å²) < 4.78 is 0. The maximum absolute atomic E-state index is 12.4. The van der Waals surface area contributed by atoms with Gasteiger partial charge in [0.25, 0.3) is 0 Å². The zero-order valence-electron chi connectivity index (χ0n) is 11.8. The van der Waals surface area contributed by atoms with Crippen molar-refractivity contribution in [3.05, 3.63) is 0 Å². The Labute approximate surface area is 114 Å². The summed E-state index contributed by atoms with van der Waals surface area (Å²) in [5.41, 5.74) is 0. The Balaban J connectivity index is 1.79. The van der Waals surface area contributed by atoms with Gasteiger partial charge in [-0.2, -0.15) is 0 Å². The topological polar surface area (TPSA) is 60.9 Å². The first-order valence-electron chi connectivity index (χ1n) is 7.24. The van der Waals surface area contributed by atoms with Crippen LogP contribution in [0, 0.1) is 11.8 Å². The molecule has 5 nitrogen and oxygen atoms in total. The Morgan fingerprint density at radius 1 is 1.32 bits per heavy atom. The van der Waals surface area contributed by atoms with Gasteiger partial charge in [0.15, 0.2) is 0 Å². The number of carbonyl (C=O) groups is 2. The second kappa shape index (κ2) is 5.80. The smallest absolute Gasteiger partial charge is 0.320 e. The van der Waals surface area contributed by atoms with Crippen LogP contribution in [0.2, 0.25) is 0 Å². The Bertz CT molecular complexity index is 347. The molecule has 1 heterocycles. The second-order valence-corrected chi connectivity index (χ2v) is 6.26. The van der Waals surface area contributed by atoms with E-state index in [2.05, 4.69) is 13.8 Å². The lowest BCUT2D eigenvalue weighted by Gasteiger charge is -2.41. The third kappa shape index (κ3) is 3.85. The number of carboxylic acid groups (broad SMARTS) is 1. The normalized spacial score (nSPS) is 19.4. The van der Waals surface area contributed by atoms with Crippen LogP contribution in [0.3, 0.4) is 0 Å². The van der Waals surface area contributed by atoms with E-state index in [0.29, 0.717) is 25.0 Å². The largest absolute Gasteiger partial charge is 0.481 e. The summed E-state index contributed by atoms with van der Waals surface area (Å²) in [6.45, 7) is 6.39. The highest BCUT2D eigenvalue weighted by molar-refractivity contribution is 5.76. The molecule has 0 unspecified atom stereocenters. The quantitative estimate of drug-likeness (QED) is 0.801. The molecule has 1 aliphatic heterocycles. The summed E-state index contributed by atoms with van der Waals surface area (Å²) in [5, 5.41) is 8.71. The highest BCUT2D eigenvalue weighted by Gasteiger charge is 2.39. The SMILES string of the molecule is CC(C)CCN(C(=O)N1CC(CC(=O)O)C1)C1CC1. The summed E-state index contributed by atoms with van der Waals surface area (Å²) in [6, 6.07) is 0.551. The fraction of sp³-hybridized carbons (Fsp3) is 0.857. The second-order valence-electron chi connectivity index (χ2n) is 6.26. The van der Waals surface area contributed by atoms with Gasteiger partial charge in [-0.15, -0.1) is 0 Å². The molecule has 0 spiro atoms. The van der Waals surface area contributed by atoms with Crippen molar-refractivity contribution in [2.24, 2.45) is 11.8 Å². The number of hydrogen-bond donors (Lipinski definition) is 1. The van der Waals surface area contributed by atoms with Gasteiger partial charge >= 0.3 is 12.0 Å². The molecule has 1 saturated heterocycles. The molecule has 0 bridgehead atoms. The Morgan fingerprint density at radius 3 is 2.42 bits per heavy atom. The molecule has 1 N–H and O–H groups in total. The number of rotatable bonds is 6. The van der Waals surface area contributed by atoms with E-state index in [9.17, 15) is 9.59 Å². The Morgan fingerprint density at radius 2 is 1.95 bits per heavy atom. The molecule has 0 atom stereocenters. The third-order valence-electron chi connectivity index (χ3n) is 3.87. The molecule has 2 fully saturated rings. The summed E-state index contributed by atoms with van der Waals surface area (Å²) in [7, 11) is 0. The van der Waals surface area contributed by atoms with Gasteiger partial charge < -0.3 is 14.9 Å². The fourth-order valence-corrected chi connectivity index (χ4v) is 2.50. The summed E-state index contributed by atoms with van der Waals surface area (Å²) in [4.78, 5) is 26.7. The van der Waals surface area contributed by atoms with Crippen LogP contribution in [0.4, 0.5) is 4.79 Å². The number of likely N-dealkylation sites (tertiary alicyclic amines) is 1. The first kappa shape index (κ1) is 14.2. The predicted molar refractivity (Wildman–Crippen MR) is 71.9 cm³/mol. The number of amides is 2. The van der Waals surface area contributed by atoms with E-state index in [4.69, 9.17) is 5.11 Å². The molecule has 2 rings (SSSR count). The zero-order valence-corrected chi connectivity index (χ0v) is 11.8. The number of carbonyl (C=O) groups excluding carboxylic acids is 1. The summed E-state index contributed by atoms with van der Waals surface area (Å²) >= 11 is 0. The van der Waals surface area contributed by atoms with E-state index in [1.165, 1.54) is 0 Å². The molecular formula is C14H24N2O3. The average molecular weight is 268 g/mol. The van der Waals surface area contributed by atoms with Crippen molar-refractivity contribution < 1.29 is 14.7 Å². The van der Waals surface area contributed by atoms with Crippen LogP contribution >= 0.6 is 0 Å². The average Bonchev–Trinajstić information content (AvgIpc) is 3.06. The molecular weight excluding hydrogens is 244 g/mol. The molecule has 2 amide bonds. The van der Waals surface area contributed by atoms with Crippen molar-refractivity contribution in [2.75, 3.05) is 19.6 Å². The number of nitrogens with zero attached hydrogens (tertiary/aromatic N) is 2. The Hall–Kier alpha value is -1.26. The minimum atomic E-state index is -0.768. The molecule has 1 aliphatic carbocycles. The van der Waals surface area contributed by atoms with Crippen molar-refractivity contribution >= 4 is 12.0 Å². The molecule has 0 aromatic carbocycles. The monoisotopic (exact) mass is 268 g/mol. The van der Waals surface area contributed by atoms with Crippen LogP contribution in [-0.2, 0) is 4.79 Å². The van der Waals surface area contributed by atoms with E-state index in [-0.39, 0.29) is 18.4 Å². The standard InChI is InChI=1S/C14H24N2O3/c1-10(2)5-6-16(12-3-4-12)14(19)15-8-11(9-15)7-13(17)18/h10-12H,3-9H2,1-2H3,(H,17,18). The molecule has 1 saturated carbocycles. The third-order valence-corrected chi connectivity index (χ3v) is 3.87. The molecule has 0 aromatic rings. The van der Waals surface area contributed by atoms with Crippen molar-refractivity contribution in [3.63, 3.8) is 0 Å². The van der Waals surface area contributed by atoms with Gasteiger partial charge in [0.1, 0.15) is 0 Å². The van der Waals surface area contributed by atoms with Crippen LogP contribution in [0.15, 0.2) is 0 Å². The van der Waals surface area contributed by atoms with E-state index in [1.54, 1.807) is 4.90 Å². The van der Waals surface area contributed by atoms with Gasteiger partial charge in [-0.1, -0.05) is 13.8 Å². The van der Waals surface area contributed by atoms with Crippen molar-refractivity contribution in [1.29, 1.82) is 0 Å². The van der Waals surface area contributed by atoms with Crippen LogP contribution in [0.25, 0.3) is 0 Å². The van der Waals surface area contributed by atoms with Crippen molar-refractivity contribution in [1.82, 2.24) is 9.80 Å². The number of aliphatic carboxylic acids is 1. The number of hydrogen-bond acceptors (Lipinski definition) is 2. The summed E-state index contributed by atoms with van der Waals surface area (Å²) in [5.74, 6) is -0.0197. The summed E-state index contributed by atoms with van der Waals surface area (Å²) in [6.07, 6.45) is 3.46. The highest BCUT2D eigenvalue weighted by Crippen LogP contribution is 2.30. The molecule has 5 heteroatoms. The van der Waals surface area contributed by atoms with Gasteiger partial charge in [-0.05, 0) is 25.2 Å². The van der Waals surface area contributed by atoms with Gasteiger partial charge in [0, 0.05) is 31.6 Å². The lowest BCUT2D eigenvalue weighted by atomic mass is 9.97. The minimum absolute atomic E-state index is 0.116. The van der Waals surface area contributed by atoms with Crippen LogP contribution in [0.1, 0.15) is 39.5 Å². The zero-order chi connectivity index (χ0) is 14.0. The number of carboxylic acids is 1. The highest BCUT2D eigenvalue weighted by atomic mass is 16.4. The van der Waals surface area contributed by atoms with Crippen molar-refractivity contribution in [3.8, 4) is 0 Å².